The monoisotopic (exact) mass is 165 g/mol. The number of nitrogens with zero attached hydrogens (tertiary/aromatic N) is 1. The summed E-state index contributed by atoms with van der Waals surface area (Å²) in [5, 5.41) is 0. The predicted molar refractivity (Wildman–Crippen MR) is 50.5 cm³/mol. The van der Waals surface area contributed by atoms with E-state index >= 15 is 0 Å². The van der Waals surface area contributed by atoms with Crippen LogP contribution in [0.5, 0.6) is 0 Å². The first-order valence-corrected chi connectivity index (χ1v) is 4.19. The molecule has 0 unspecified atom stereocenters. The van der Waals surface area contributed by atoms with E-state index in [-0.39, 0.29) is 5.56 Å². The normalized spacial score (nSPS) is 10.8. The van der Waals surface area contributed by atoms with Crippen LogP contribution in [0.3, 0.4) is 0 Å². The second-order valence-corrected chi connectivity index (χ2v) is 3.54. The van der Waals surface area contributed by atoms with Crippen LogP contribution in [-0.2, 0) is 7.05 Å². The first-order valence-electron chi connectivity index (χ1n) is 4.19. The minimum Gasteiger partial charge on any atom is -0.318 e. The zero-order valence-corrected chi connectivity index (χ0v) is 8.09. The highest BCUT2D eigenvalue weighted by Gasteiger charge is 2.05. The summed E-state index contributed by atoms with van der Waals surface area (Å²) in [4.78, 5) is 11.5. The molecule has 0 spiro atoms. The van der Waals surface area contributed by atoms with Crippen LogP contribution in [0.25, 0.3) is 0 Å². The summed E-state index contributed by atoms with van der Waals surface area (Å²) in [6.07, 6.45) is 1.86. The van der Waals surface area contributed by atoms with Gasteiger partial charge in [0.2, 0.25) is 0 Å². The highest BCUT2D eigenvalue weighted by Crippen LogP contribution is 2.10. The Hall–Kier alpha value is -1.05. The van der Waals surface area contributed by atoms with Crippen LogP contribution in [-0.4, -0.2) is 4.57 Å². The molecule has 0 aliphatic heterocycles. The zero-order valence-electron chi connectivity index (χ0n) is 8.09. The summed E-state index contributed by atoms with van der Waals surface area (Å²) in [6, 6.07) is 1.97. The number of aromatic nitrogens is 1. The van der Waals surface area contributed by atoms with Gasteiger partial charge in [-0.3, -0.25) is 4.79 Å². The molecule has 1 heterocycles. The number of hydrogen-bond donors (Lipinski definition) is 0. The largest absolute Gasteiger partial charge is 0.318 e. The van der Waals surface area contributed by atoms with Gasteiger partial charge in [0.1, 0.15) is 0 Å². The molecule has 0 saturated heterocycles. The molecule has 1 aromatic rings. The van der Waals surface area contributed by atoms with E-state index in [1.54, 1.807) is 11.6 Å². The van der Waals surface area contributed by atoms with E-state index in [0.717, 1.165) is 11.1 Å². The number of pyridine rings is 1. The fourth-order valence-electron chi connectivity index (χ4n) is 1.33. The first kappa shape index (κ1) is 9.04. The van der Waals surface area contributed by atoms with Crippen molar-refractivity contribution in [1.29, 1.82) is 0 Å². The number of hydrogen-bond acceptors (Lipinski definition) is 1. The van der Waals surface area contributed by atoms with Crippen LogP contribution in [0.1, 0.15) is 30.9 Å². The maximum absolute atomic E-state index is 11.5. The van der Waals surface area contributed by atoms with Crippen molar-refractivity contribution in [1.82, 2.24) is 4.57 Å². The Morgan fingerprint density at radius 3 is 2.50 bits per heavy atom. The molecule has 0 bridgehead atoms. The molecule has 2 nitrogen and oxygen atoms in total. The predicted octanol–water partition coefficient (Wildman–Crippen LogP) is 1.82. The third-order valence-corrected chi connectivity index (χ3v) is 1.97. The third kappa shape index (κ3) is 1.58. The van der Waals surface area contributed by atoms with Crippen molar-refractivity contribution in [2.24, 2.45) is 7.05 Å². The van der Waals surface area contributed by atoms with E-state index in [0.29, 0.717) is 5.92 Å². The molecule has 0 atom stereocenters. The van der Waals surface area contributed by atoms with Crippen molar-refractivity contribution in [2.75, 3.05) is 0 Å². The van der Waals surface area contributed by atoms with Gasteiger partial charge in [-0.1, -0.05) is 13.8 Å². The van der Waals surface area contributed by atoms with E-state index in [2.05, 4.69) is 0 Å². The van der Waals surface area contributed by atoms with Crippen LogP contribution in [0.15, 0.2) is 17.1 Å². The van der Waals surface area contributed by atoms with E-state index < -0.39 is 0 Å². The standard InChI is InChI=1S/C10H15NO/c1-7(2)9-5-8(3)6-11(4)10(9)12/h5-7H,1-4H3. The lowest BCUT2D eigenvalue weighted by Gasteiger charge is -2.07. The second-order valence-electron chi connectivity index (χ2n) is 3.54. The number of rotatable bonds is 1. The molecule has 0 saturated carbocycles. The van der Waals surface area contributed by atoms with Gasteiger partial charge in [0, 0.05) is 18.8 Å². The van der Waals surface area contributed by atoms with Crippen molar-refractivity contribution < 1.29 is 0 Å². The van der Waals surface area contributed by atoms with Crippen LogP contribution < -0.4 is 5.56 Å². The molecule has 0 amide bonds. The molecule has 0 radical (unpaired) electrons. The minimum atomic E-state index is 0.121. The zero-order chi connectivity index (χ0) is 9.30. The van der Waals surface area contributed by atoms with Gasteiger partial charge < -0.3 is 4.57 Å². The Labute approximate surface area is 72.8 Å². The van der Waals surface area contributed by atoms with Crippen molar-refractivity contribution in [3.63, 3.8) is 0 Å². The Kier molecular flexibility index (Phi) is 2.36. The van der Waals surface area contributed by atoms with Gasteiger partial charge in [-0.15, -0.1) is 0 Å². The first-order chi connectivity index (χ1) is 5.52. The van der Waals surface area contributed by atoms with Crippen molar-refractivity contribution in [2.45, 2.75) is 26.7 Å². The average molecular weight is 165 g/mol. The van der Waals surface area contributed by atoms with Crippen LogP contribution in [0.4, 0.5) is 0 Å². The fourth-order valence-corrected chi connectivity index (χ4v) is 1.33. The lowest BCUT2D eigenvalue weighted by molar-refractivity contribution is 0.774. The van der Waals surface area contributed by atoms with E-state index in [1.165, 1.54) is 0 Å². The SMILES string of the molecule is Cc1cc(C(C)C)c(=O)n(C)c1. The molecule has 1 aromatic heterocycles. The fraction of sp³-hybridized carbons (Fsp3) is 0.500. The Bertz CT molecular complexity index is 336. The molecule has 0 N–H and O–H groups in total. The van der Waals surface area contributed by atoms with Gasteiger partial charge in [0.15, 0.2) is 0 Å². The van der Waals surface area contributed by atoms with Crippen molar-refractivity contribution in [3.8, 4) is 0 Å². The van der Waals surface area contributed by atoms with Crippen LogP contribution in [0, 0.1) is 6.92 Å². The molecule has 2 heteroatoms. The van der Waals surface area contributed by atoms with Gasteiger partial charge in [0.05, 0.1) is 0 Å². The molecule has 0 fully saturated rings. The molecule has 0 aliphatic carbocycles. The quantitative estimate of drug-likeness (QED) is 0.622. The highest BCUT2D eigenvalue weighted by molar-refractivity contribution is 5.20. The summed E-state index contributed by atoms with van der Waals surface area (Å²) in [5.41, 5.74) is 2.16. The van der Waals surface area contributed by atoms with E-state index in [4.69, 9.17) is 0 Å². The summed E-state index contributed by atoms with van der Waals surface area (Å²) in [5.74, 6) is 0.309. The minimum absolute atomic E-state index is 0.121. The summed E-state index contributed by atoms with van der Waals surface area (Å²) < 4.78 is 1.64. The molecule has 0 aliphatic rings. The lowest BCUT2D eigenvalue weighted by Crippen LogP contribution is -2.21. The lowest BCUT2D eigenvalue weighted by atomic mass is 10.0. The Morgan fingerprint density at radius 2 is 2.00 bits per heavy atom. The van der Waals surface area contributed by atoms with Gasteiger partial charge in [-0.25, -0.2) is 0 Å². The maximum Gasteiger partial charge on any atom is 0.253 e. The number of aryl methyl sites for hydroxylation is 2. The summed E-state index contributed by atoms with van der Waals surface area (Å²) >= 11 is 0. The second kappa shape index (κ2) is 3.13. The van der Waals surface area contributed by atoms with E-state index in [9.17, 15) is 4.79 Å². The topological polar surface area (TPSA) is 22.0 Å². The van der Waals surface area contributed by atoms with Crippen LogP contribution in [0.2, 0.25) is 0 Å². The Morgan fingerprint density at radius 1 is 1.42 bits per heavy atom. The molecule has 66 valence electrons. The maximum atomic E-state index is 11.5. The molecule has 0 aromatic carbocycles. The average Bonchev–Trinajstić information content (AvgIpc) is 1.96. The van der Waals surface area contributed by atoms with Crippen LogP contribution >= 0.6 is 0 Å². The molecular formula is C10H15NO. The molecule has 12 heavy (non-hydrogen) atoms. The third-order valence-electron chi connectivity index (χ3n) is 1.97. The Balaban J connectivity index is 3.38. The van der Waals surface area contributed by atoms with E-state index in [1.807, 2.05) is 33.0 Å². The molecule has 1 rings (SSSR count). The van der Waals surface area contributed by atoms with Gasteiger partial charge in [-0.2, -0.15) is 0 Å². The van der Waals surface area contributed by atoms with Gasteiger partial charge in [-0.05, 0) is 24.5 Å². The van der Waals surface area contributed by atoms with Crippen molar-refractivity contribution >= 4 is 0 Å². The van der Waals surface area contributed by atoms with Crippen molar-refractivity contribution in [3.05, 3.63) is 33.7 Å². The van der Waals surface area contributed by atoms with Gasteiger partial charge >= 0.3 is 0 Å². The smallest absolute Gasteiger partial charge is 0.253 e. The van der Waals surface area contributed by atoms with Gasteiger partial charge in [0.25, 0.3) is 5.56 Å². The highest BCUT2D eigenvalue weighted by atomic mass is 16.1. The summed E-state index contributed by atoms with van der Waals surface area (Å²) in [7, 11) is 1.79. The molecular weight excluding hydrogens is 150 g/mol. The summed E-state index contributed by atoms with van der Waals surface area (Å²) in [6.45, 7) is 6.08.